The van der Waals surface area contributed by atoms with Gasteiger partial charge in [0.15, 0.2) is 6.29 Å². The van der Waals surface area contributed by atoms with Crippen LogP contribution in [0.5, 0.6) is 0 Å². The second kappa shape index (κ2) is 7.04. The zero-order valence-corrected chi connectivity index (χ0v) is 12.1. The van der Waals surface area contributed by atoms with E-state index >= 15 is 0 Å². The Kier molecular flexibility index (Phi) is 5.37. The lowest BCUT2D eigenvalue weighted by Crippen LogP contribution is -2.44. The summed E-state index contributed by atoms with van der Waals surface area (Å²) in [4.78, 5) is 0. The van der Waals surface area contributed by atoms with Crippen molar-refractivity contribution >= 4 is 0 Å². The maximum absolute atomic E-state index is 5.46. The van der Waals surface area contributed by atoms with Crippen molar-refractivity contribution in [3.8, 4) is 0 Å². The number of benzene rings is 1. The summed E-state index contributed by atoms with van der Waals surface area (Å²) >= 11 is 0. The molecule has 1 aromatic rings. The molecule has 0 aromatic heterocycles. The summed E-state index contributed by atoms with van der Waals surface area (Å²) in [6.45, 7) is 3.19. The van der Waals surface area contributed by atoms with Gasteiger partial charge in [-0.25, -0.2) is 0 Å². The zero-order chi connectivity index (χ0) is 13.7. The van der Waals surface area contributed by atoms with Crippen molar-refractivity contribution in [2.45, 2.75) is 38.0 Å². The molecule has 0 amide bonds. The second-order valence-electron chi connectivity index (χ2n) is 5.24. The molecule has 0 spiro atoms. The molecule has 3 atom stereocenters. The molecule has 1 N–H and O–H groups in total. The van der Waals surface area contributed by atoms with Gasteiger partial charge in [-0.3, -0.25) is 0 Å². The summed E-state index contributed by atoms with van der Waals surface area (Å²) in [7, 11) is 3.43. The first kappa shape index (κ1) is 14.5. The van der Waals surface area contributed by atoms with Gasteiger partial charge in [0, 0.05) is 14.2 Å². The highest BCUT2D eigenvalue weighted by Gasteiger charge is 2.46. The van der Waals surface area contributed by atoms with Crippen LogP contribution in [-0.2, 0) is 9.47 Å². The molecule has 0 bridgehead atoms. The van der Waals surface area contributed by atoms with Crippen molar-refractivity contribution in [3.63, 3.8) is 0 Å². The number of hydrogen-bond donors (Lipinski definition) is 1. The molecule has 19 heavy (non-hydrogen) atoms. The minimum Gasteiger partial charge on any atom is -0.354 e. The fourth-order valence-electron chi connectivity index (χ4n) is 2.84. The molecule has 3 nitrogen and oxygen atoms in total. The molecule has 1 saturated carbocycles. The lowest BCUT2D eigenvalue weighted by Gasteiger charge is -2.26. The average molecular weight is 263 g/mol. The van der Waals surface area contributed by atoms with Crippen LogP contribution in [0.15, 0.2) is 30.3 Å². The van der Waals surface area contributed by atoms with E-state index in [0.29, 0.717) is 11.8 Å². The Balaban J connectivity index is 2.00. The van der Waals surface area contributed by atoms with E-state index in [1.54, 1.807) is 14.2 Å². The van der Waals surface area contributed by atoms with E-state index in [1.807, 2.05) is 0 Å². The normalized spacial score (nSPS) is 23.6. The molecule has 0 saturated heterocycles. The van der Waals surface area contributed by atoms with Crippen LogP contribution in [-0.4, -0.2) is 33.1 Å². The van der Waals surface area contributed by atoms with Gasteiger partial charge >= 0.3 is 0 Å². The third kappa shape index (κ3) is 3.56. The molecule has 2 rings (SSSR count). The predicted octanol–water partition coefficient (Wildman–Crippen LogP) is 2.78. The Hall–Kier alpha value is -0.900. The average Bonchev–Trinajstić information content (AvgIpc) is 3.24. The Morgan fingerprint density at radius 1 is 1.21 bits per heavy atom. The van der Waals surface area contributed by atoms with Crippen LogP contribution in [0.25, 0.3) is 0 Å². The third-order valence-electron chi connectivity index (χ3n) is 3.92. The lowest BCUT2D eigenvalue weighted by atomic mass is 10.0. The Bertz CT molecular complexity index is 364. The molecular formula is C16H25NO2. The van der Waals surface area contributed by atoms with Crippen molar-refractivity contribution in [2.75, 3.05) is 20.8 Å². The van der Waals surface area contributed by atoms with Crippen LogP contribution < -0.4 is 5.32 Å². The molecule has 1 aliphatic rings. The van der Waals surface area contributed by atoms with Crippen molar-refractivity contribution in [3.05, 3.63) is 35.9 Å². The van der Waals surface area contributed by atoms with E-state index in [-0.39, 0.29) is 12.3 Å². The first-order valence-corrected chi connectivity index (χ1v) is 7.15. The van der Waals surface area contributed by atoms with Crippen molar-refractivity contribution in [1.29, 1.82) is 0 Å². The van der Waals surface area contributed by atoms with E-state index < -0.39 is 0 Å². The van der Waals surface area contributed by atoms with E-state index in [1.165, 1.54) is 12.0 Å². The topological polar surface area (TPSA) is 30.5 Å². The molecule has 3 heteroatoms. The minimum atomic E-state index is -0.162. The molecule has 1 aliphatic carbocycles. The van der Waals surface area contributed by atoms with Crippen molar-refractivity contribution in [2.24, 2.45) is 5.92 Å². The first-order chi connectivity index (χ1) is 9.31. The van der Waals surface area contributed by atoms with Gasteiger partial charge in [0.1, 0.15) is 0 Å². The summed E-state index contributed by atoms with van der Waals surface area (Å²) in [6.07, 6.45) is 2.18. The standard InChI is InChI=1S/C16H25NO2/c1-4-10-17-15(16(18-2)19-3)14-11-13(14)12-8-6-5-7-9-12/h5-9,13-17H,4,10-11H2,1-3H3. The van der Waals surface area contributed by atoms with Gasteiger partial charge in [0.2, 0.25) is 0 Å². The number of hydrogen-bond acceptors (Lipinski definition) is 3. The summed E-state index contributed by atoms with van der Waals surface area (Å²) in [5, 5.41) is 3.58. The highest BCUT2D eigenvalue weighted by atomic mass is 16.7. The van der Waals surface area contributed by atoms with Crippen LogP contribution in [0.1, 0.15) is 31.2 Å². The maximum atomic E-state index is 5.46. The molecule has 3 unspecified atom stereocenters. The van der Waals surface area contributed by atoms with Crippen LogP contribution in [0.3, 0.4) is 0 Å². The fourth-order valence-corrected chi connectivity index (χ4v) is 2.84. The first-order valence-electron chi connectivity index (χ1n) is 7.15. The minimum absolute atomic E-state index is 0.162. The monoisotopic (exact) mass is 263 g/mol. The Labute approximate surface area is 116 Å². The van der Waals surface area contributed by atoms with E-state index in [2.05, 4.69) is 42.6 Å². The number of ether oxygens (including phenoxy) is 2. The van der Waals surface area contributed by atoms with Gasteiger partial charge in [-0.15, -0.1) is 0 Å². The molecule has 0 aliphatic heterocycles. The predicted molar refractivity (Wildman–Crippen MR) is 77.2 cm³/mol. The van der Waals surface area contributed by atoms with Gasteiger partial charge in [0.25, 0.3) is 0 Å². The number of methoxy groups -OCH3 is 2. The molecule has 106 valence electrons. The summed E-state index contributed by atoms with van der Waals surface area (Å²) < 4.78 is 10.9. The lowest BCUT2D eigenvalue weighted by molar-refractivity contribution is -0.127. The molecule has 0 heterocycles. The van der Waals surface area contributed by atoms with Crippen LogP contribution in [0, 0.1) is 5.92 Å². The highest BCUT2D eigenvalue weighted by molar-refractivity contribution is 5.26. The van der Waals surface area contributed by atoms with Gasteiger partial charge in [-0.2, -0.15) is 0 Å². The molecule has 1 fully saturated rings. The van der Waals surface area contributed by atoms with Gasteiger partial charge in [-0.05, 0) is 36.8 Å². The Morgan fingerprint density at radius 3 is 2.47 bits per heavy atom. The van der Waals surface area contributed by atoms with Gasteiger partial charge in [-0.1, -0.05) is 37.3 Å². The molecular weight excluding hydrogens is 238 g/mol. The van der Waals surface area contributed by atoms with Crippen LogP contribution in [0.4, 0.5) is 0 Å². The summed E-state index contributed by atoms with van der Waals surface area (Å²) in [6, 6.07) is 11.0. The quantitative estimate of drug-likeness (QED) is 0.732. The fraction of sp³-hybridized carbons (Fsp3) is 0.625. The highest BCUT2D eigenvalue weighted by Crippen LogP contribution is 2.50. The molecule has 0 radical (unpaired) electrons. The number of rotatable bonds is 8. The van der Waals surface area contributed by atoms with Crippen molar-refractivity contribution < 1.29 is 9.47 Å². The zero-order valence-electron chi connectivity index (χ0n) is 12.1. The second-order valence-corrected chi connectivity index (χ2v) is 5.24. The van der Waals surface area contributed by atoms with Gasteiger partial charge in [0.05, 0.1) is 6.04 Å². The van der Waals surface area contributed by atoms with Gasteiger partial charge < -0.3 is 14.8 Å². The smallest absolute Gasteiger partial charge is 0.172 e. The Morgan fingerprint density at radius 2 is 1.89 bits per heavy atom. The molecule has 1 aromatic carbocycles. The SMILES string of the molecule is CCCNC(C(OC)OC)C1CC1c1ccccc1. The van der Waals surface area contributed by atoms with E-state index in [4.69, 9.17) is 9.47 Å². The van der Waals surface area contributed by atoms with E-state index in [9.17, 15) is 0 Å². The van der Waals surface area contributed by atoms with Crippen LogP contribution >= 0.6 is 0 Å². The largest absolute Gasteiger partial charge is 0.354 e. The maximum Gasteiger partial charge on any atom is 0.172 e. The van der Waals surface area contributed by atoms with E-state index in [0.717, 1.165) is 13.0 Å². The number of nitrogens with one attached hydrogen (secondary N) is 1. The third-order valence-corrected chi connectivity index (χ3v) is 3.92. The van der Waals surface area contributed by atoms with Crippen LogP contribution in [0.2, 0.25) is 0 Å². The summed E-state index contributed by atoms with van der Waals surface area (Å²) in [5.41, 5.74) is 1.43. The summed E-state index contributed by atoms with van der Waals surface area (Å²) in [5.74, 6) is 1.25. The van der Waals surface area contributed by atoms with Crippen molar-refractivity contribution in [1.82, 2.24) is 5.32 Å².